The average Bonchev–Trinajstić information content (AvgIpc) is 1.95. The van der Waals surface area contributed by atoms with E-state index in [-0.39, 0.29) is 25.5 Å². The lowest BCUT2D eigenvalue weighted by atomic mass is 9.89. The zero-order valence-electron chi connectivity index (χ0n) is 8.43. The number of nitrogens with zero attached hydrogens (tertiary/aromatic N) is 1. The van der Waals surface area contributed by atoms with Gasteiger partial charge in [0.1, 0.15) is 0 Å². The van der Waals surface area contributed by atoms with Gasteiger partial charge in [-0.3, -0.25) is 4.79 Å². The van der Waals surface area contributed by atoms with Crippen LogP contribution < -0.4 is 5.73 Å². The molecule has 2 N–H and O–H groups in total. The maximum Gasteiger partial charge on any atom is 0.228 e. The molecule has 1 heterocycles. The van der Waals surface area contributed by atoms with E-state index >= 15 is 0 Å². The standard InChI is InChI=1S/C9H17FN2O/c1-8(2,3)7(13)12-5-9(10,4-11)6-12/h4-6,11H2,1-3H3. The minimum absolute atomic E-state index is 0.000916. The second-order valence-electron chi connectivity index (χ2n) is 4.77. The van der Waals surface area contributed by atoms with Gasteiger partial charge in [0.15, 0.2) is 5.67 Å². The molecule has 4 heteroatoms. The highest BCUT2D eigenvalue weighted by molar-refractivity contribution is 5.82. The summed E-state index contributed by atoms with van der Waals surface area (Å²) >= 11 is 0. The molecule has 0 atom stereocenters. The Labute approximate surface area is 78.1 Å². The van der Waals surface area contributed by atoms with E-state index in [0.717, 1.165) is 0 Å². The number of hydrogen-bond acceptors (Lipinski definition) is 2. The number of hydrogen-bond donors (Lipinski definition) is 1. The Morgan fingerprint density at radius 1 is 1.54 bits per heavy atom. The summed E-state index contributed by atoms with van der Waals surface area (Å²) in [6.45, 7) is 5.79. The van der Waals surface area contributed by atoms with Crippen LogP contribution in [-0.2, 0) is 4.79 Å². The molecule has 0 aromatic heterocycles. The van der Waals surface area contributed by atoms with Gasteiger partial charge in [-0.15, -0.1) is 0 Å². The maximum atomic E-state index is 13.3. The van der Waals surface area contributed by atoms with Crippen LogP contribution in [0.2, 0.25) is 0 Å². The van der Waals surface area contributed by atoms with Gasteiger partial charge in [-0.1, -0.05) is 20.8 Å². The zero-order chi connectivity index (χ0) is 10.3. The molecule has 0 radical (unpaired) electrons. The Balaban J connectivity index is 2.49. The predicted octanol–water partition coefficient (Wildman–Crippen LogP) is 0.542. The molecule has 76 valence electrons. The van der Waals surface area contributed by atoms with Gasteiger partial charge >= 0.3 is 0 Å². The van der Waals surface area contributed by atoms with Crippen molar-refractivity contribution >= 4 is 5.91 Å². The van der Waals surface area contributed by atoms with Crippen LogP contribution in [0.5, 0.6) is 0 Å². The van der Waals surface area contributed by atoms with Gasteiger partial charge in [0.25, 0.3) is 0 Å². The molecule has 1 saturated heterocycles. The van der Waals surface area contributed by atoms with Crippen molar-refractivity contribution in [2.75, 3.05) is 19.6 Å². The summed E-state index contributed by atoms with van der Waals surface area (Å²) in [5.41, 5.74) is 3.47. The molecule has 0 bridgehead atoms. The van der Waals surface area contributed by atoms with Gasteiger partial charge in [-0.2, -0.15) is 0 Å². The third-order valence-corrected chi connectivity index (χ3v) is 2.24. The molecule has 1 aliphatic rings. The number of nitrogens with two attached hydrogens (primary N) is 1. The molecular formula is C9H17FN2O. The van der Waals surface area contributed by atoms with Crippen molar-refractivity contribution in [3.8, 4) is 0 Å². The summed E-state index contributed by atoms with van der Waals surface area (Å²) in [7, 11) is 0. The van der Waals surface area contributed by atoms with E-state index in [1.807, 2.05) is 20.8 Å². The molecule has 1 amide bonds. The normalized spacial score (nSPS) is 21.2. The first-order chi connectivity index (χ1) is 5.78. The number of carbonyl (C=O) groups is 1. The van der Waals surface area contributed by atoms with Crippen LogP contribution in [0.3, 0.4) is 0 Å². The van der Waals surface area contributed by atoms with E-state index in [2.05, 4.69) is 0 Å². The van der Waals surface area contributed by atoms with Crippen molar-refractivity contribution in [2.45, 2.75) is 26.4 Å². The summed E-state index contributed by atoms with van der Waals surface area (Å²) < 4.78 is 13.3. The lowest BCUT2D eigenvalue weighted by Crippen LogP contribution is -2.65. The zero-order valence-corrected chi connectivity index (χ0v) is 8.43. The van der Waals surface area contributed by atoms with Gasteiger partial charge in [0.2, 0.25) is 5.91 Å². The average molecular weight is 188 g/mol. The van der Waals surface area contributed by atoms with E-state index < -0.39 is 11.1 Å². The van der Waals surface area contributed by atoms with Crippen LogP contribution in [0.25, 0.3) is 0 Å². The third-order valence-electron chi connectivity index (χ3n) is 2.24. The molecule has 1 aliphatic heterocycles. The number of amides is 1. The lowest BCUT2D eigenvalue weighted by Gasteiger charge is -2.46. The SMILES string of the molecule is CC(C)(C)C(=O)N1CC(F)(CN)C1. The molecule has 0 aromatic carbocycles. The first-order valence-corrected chi connectivity index (χ1v) is 4.47. The Bertz CT molecular complexity index is 216. The lowest BCUT2D eigenvalue weighted by molar-refractivity contribution is -0.153. The molecule has 13 heavy (non-hydrogen) atoms. The third kappa shape index (κ3) is 1.99. The van der Waals surface area contributed by atoms with Crippen molar-refractivity contribution in [2.24, 2.45) is 11.1 Å². The van der Waals surface area contributed by atoms with E-state index in [9.17, 15) is 9.18 Å². The summed E-state index contributed by atoms with van der Waals surface area (Å²) in [6.07, 6.45) is 0. The summed E-state index contributed by atoms with van der Waals surface area (Å²) in [4.78, 5) is 13.1. The van der Waals surface area contributed by atoms with Crippen molar-refractivity contribution in [3.05, 3.63) is 0 Å². The van der Waals surface area contributed by atoms with Gasteiger partial charge in [-0.25, -0.2) is 4.39 Å². The van der Waals surface area contributed by atoms with Gasteiger partial charge in [0, 0.05) is 12.0 Å². The fourth-order valence-electron chi connectivity index (χ4n) is 1.38. The van der Waals surface area contributed by atoms with Gasteiger partial charge in [0.05, 0.1) is 13.1 Å². The van der Waals surface area contributed by atoms with Crippen LogP contribution in [0.15, 0.2) is 0 Å². The Hall–Kier alpha value is -0.640. The molecular weight excluding hydrogens is 171 g/mol. The van der Waals surface area contributed by atoms with Crippen LogP contribution in [-0.4, -0.2) is 36.1 Å². The highest BCUT2D eigenvalue weighted by Crippen LogP contribution is 2.28. The number of halogens is 1. The summed E-state index contributed by atoms with van der Waals surface area (Å²) in [5, 5.41) is 0. The fraction of sp³-hybridized carbons (Fsp3) is 0.889. The number of likely N-dealkylation sites (tertiary alicyclic amines) is 1. The van der Waals surface area contributed by atoms with Gasteiger partial charge < -0.3 is 10.6 Å². The Morgan fingerprint density at radius 3 is 2.31 bits per heavy atom. The molecule has 3 nitrogen and oxygen atoms in total. The Kier molecular flexibility index (Phi) is 2.36. The van der Waals surface area contributed by atoms with Crippen molar-refractivity contribution < 1.29 is 9.18 Å². The summed E-state index contributed by atoms with van der Waals surface area (Å²) in [6, 6.07) is 0. The number of carbonyl (C=O) groups excluding carboxylic acids is 1. The molecule has 0 aliphatic carbocycles. The van der Waals surface area contributed by atoms with E-state index in [4.69, 9.17) is 5.73 Å². The van der Waals surface area contributed by atoms with Crippen LogP contribution in [0.4, 0.5) is 4.39 Å². The quantitative estimate of drug-likeness (QED) is 0.653. The van der Waals surface area contributed by atoms with Crippen LogP contribution in [0, 0.1) is 5.41 Å². The molecule has 0 spiro atoms. The first-order valence-electron chi connectivity index (χ1n) is 4.47. The highest BCUT2D eigenvalue weighted by Gasteiger charge is 2.46. The monoisotopic (exact) mass is 188 g/mol. The second-order valence-corrected chi connectivity index (χ2v) is 4.77. The Morgan fingerprint density at radius 2 is 2.00 bits per heavy atom. The second kappa shape index (κ2) is 2.94. The smallest absolute Gasteiger partial charge is 0.228 e. The minimum Gasteiger partial charge on any atom is -0.336 e. The molecule has 0 saturated carbocycles. The van der Waals surface area contributed by atoms with Gasteiger partial charge in [-0.05, 0) is 0 Å². The number of rotatable bonds is 1. The molecule has 0 unspecified atom stereocenters. The van der Waals surface area contributed by atoms with Crippen molar-refractivity contribution in [1.29, 1.82) is 0 Å². The molecule has 0 aromatic rings. The molecule has 1 rings (SSSR count). The molecule has 1 fully saturated rings. The largest absolute Gasteiger partial charge is 0.336 e. The topological polar surface area (TPSA) is 46.3 Å². The summed E-state index contributed by atoms with van der Waals surface area (Å²) in [5.74, 6) is -0.00535. The van der Waals surface area contributed by atoms with E-state index in [1.165, 1.54) is 4.90 Å². The highest BCUT2D eigenvalue weighted by atomic mass is 19.1. The van der Waals surface area contributed by atoms with Crippen molar-refractivity contribution in [1.82, 2.24) is 4.90 Å². The minimum atomic E-state index is -1.33. The number of alkyl halides is 1. The van der Waals surface area contributed by atoms with E-state index in [1.54, 1.807) is 0 Å². The predicted molar refractivity (Wildman–Crippen MR) is 48.9 cm³/mol. The maximum absolute atomic E-state index is 13.3. The fourth-order valence-corrected chi connectivity index (χ4v) is 1.38. The first kappa shape index (κ1) is 10.4. The van der Waals surface area contributed by atoms with Crippen molar-refractivity contribution in [3.63, 3.8) is 0 Å². The van der Waals surface area contributed by atoms with E-state index in [0.29, 0.717) is 0 Å². The van der Waals surface area contributed by atoms with Crippen LogP contribution >= 0.6 is 0 Å². The van der Waals surface area contributed by atoms with Crippen LogP contribution in [0.1, 0.15) is 20.8 Å².